The van der Waals surface area contributed by atoms with Crippen LogP contribution in [0, 0.1) is 3.57 Å². The van der Waals surface area contributed by atoms with E-state index < -0.39 is 0 Å². The number of ether oxygens (including phenoxy) is 3. The summed E-state index contributed by atoms with van der Waals surface area (Å²) in [6.45, 7) is 6.62. The van der Waals surface area contributed by atoms with Crippen molar-refractivity contribution in [2.24, 2.45) is 0 Å². The lowest BCUT2D eigenvalue weighted by Crippen LogP contribution is -2.10. The summed E-state index contributed by atoms with van der Waals surface area (Å²) in [5.74, 6) is 2.25. The zero-order chi connectivity index (χ0) is 17.2. The van der Waals surface area contributed by atoms with Crippen LogP contribution in [0.1, 0.15) is 26.3 Å². The quantitative estimate of drug-likeness (QED) is 0.623. The molecule has 2 aromatic carbocycles. The highest BCUT2D eigenvalue weighted by Gasteiger charge is 2.21. The van der Waals surface area contributed by atoms with Gasteiger partial charge in [0.2, 0.25) is 0 Å². The summed E-state index contributed by atoms with van der Waals surface area (Å²) in [7, 11) is 4.98. The van der Waals surface area contributed by atoms with E-state index in [-0.39, 0.29) is 5.41 Å². The van der Waals surface area contributed by atoms with Crippen LogP contribution in [0.4, 0.5) is 0 Å². The number of methoxy groups -OCH3 is 3. The van der Waals surface area contributed by atoms with Crippen molar-refractivity contribution >= 4 is 22.6 Å². The number of hydrogen-bond acceptors (Lipinski definition) is 3. The third-order valence-electron chi connectivity index (χ3n) is 3.83. The molecule has 0 aliphatic rings. The molecule has 0 fully saturated rings. The molecule has 0 spiro atoms. The summed E-state index contributed by atoms with van der Waals surface area (Å²) in [5.41, 5.74) is 3.43. The summed E-state index contributed by atoms with van der Waals surface area (Å²) in [5, 5.41) is 0. The highest BCUT2D eigenvalue weighted by molar-refractivity contribution is 14.1. The monoisotopic (exact) mass is 426 g/mol. The van der Waals surface area contributed by atoms with Crippen LogP contribution in [0.15, 0.2) is 30.3 Å². The Kier molecular flexibility index (Phi) is 5.45. The fraction of sp³-hybridized carbons (Fsp3) is 0.368. The lowest BCUT2D eigenvalue weighted by atomic mass is 9.86. The predicted octanol–water partition coefficient (Wildman–Crippen LogP) is 5.28. The van der Waals surface area contributed by atoms with Crippen LogP contribution < -0.4 is 14.2 Å². The fourth-order valence-electron chi connectivity index (χ4n) is 2.50. The Bertz CT molecular complexity index is 685. The van der Waals surface area contributed by atoms with Gasteiger partial charge in [-0.3, -0.25) is 0 Å². The van der Waals surface area contributed by atoms with Crippen LogP contribution in [0.25, 0.3) is 11.1 Å². The lowest BCUT2D eigenvalue weighted by molar-refractivity contribution is 0.373. The smallest absolute Gasteiger partial charge is 0.147 e. The Morgan fingerprint density at radius 2 is 1.39 bits per heavy atom. The molecule has 0 aliphatic heterocycles. The number of benzene rings is 2. The standard InChI is InChI=1S/C19H23IO3/c1-19(2,3)13-9-7-12(8-10-13)16-14(21-4)11-15(22-5)17(20)18(16)23-6/h7-11H,1-6H3. The van der Waals surface area contributed by atoms with Crippen molar-refractivity contribution in [2.75, 3.05) is 21.3 Å². The van der Waals surface area contributed by atoms with Crippen LogP contribution in [0.2, 0.25) is 0 Å². The first-order valence-corrected chi connectivity index (χ1v) is 8.50. The minimum atomic E-state index is 0.126. The van der Waals surface area contributed by atoms with Gasteiger partial charge in [-0.2, -0.15) is 0 Å². The molecular formula is C19H23IO3. The van der Waals surface area contributed by atoms with Gasteiger partial charge in [0.25, 0.3) is 0 Å². The van der Waals surface area contributed by atoms with Crippen molar-refractivity contribution in [1.82, 2.24) is 0 Å². The highest BCUT2D eigenvalue weighted by atomic mass is 127. The zero-order valence-electron chi connectivity index (χ0n) is 14.5. The molecule has 2 rings (SSSR count). The van der Waals surface area contributed by atoms with Gasteiger partial charge in [-0.25, -0.2) is 0 Å². The first-order valence-electron chi connectivity index (χ1n) is 7.42. The Morgan fingerprint density at radius 3 is 1.83 bits per heavy atom. The van der Waals surface area contributed by atoms with E-state index in [1.165, 1.54) is 5.56 Å². The van der Waals surface area contributed by atoms with Crippen LogP contribution in [0.5, 0.6) is 17.2 Å². The van der Waals surface area contributed by atoms with Crippen molar-refractivity contribution < 1.29 is 14.2 Å². The van der Waals surface area contributed by atoms with Gasteiger partial charge in [0.05, 0.1) is 30.5 Å². The second kappa shape index (κ2) is 6.99. The topological polar surface area (TPSA) is 27.7 Å². The molecule has 0 bridgehead atoms. The Morgan fingerprint density at radius 1 is 0.826 bits per heavy atom. The molecule has 0 N–H and O–H groups in total. The molecule has 0 radical (unpaired) electrons. The number of hydrogen-bond donors (Lipinski definition) is 0. The Hall–Kier alpha value is -1.43. The molecule has 0 amide bonds. The first-order chi connectivity index (χ1) is 10.8. The van der Waals surface area contributed by atoms with Crippen molar-refractivity contribution in [3.8, 4) is 28.4 Å². The van der Waals surface area contributed by atoms with E-state index >= 15 is 0 Å². The van der Waals surface area contributed by atoms with E-state index in [4.69, 9.17) is 14.2 Å². The van der Waals surface area contributed by atoms with Crippen LogP contribution >= 0.6 is 22.6 Å². The summed E-state index contributed by atoms with van der Waals surface area (Å²) < 4.78 is 17.6. The maximum atomic E-state index is 5.65. The average molecular weight is 426 g/mol. The van der Waals surface area contributed by atoms with Crippen LogP contribution in [-0.4, -0.2) is 21.3 Å². The van der Waals surface area contributed by atoms with E-state index in [9.17, 15) is 0 Å². The van der Waals surface area contributed by atoms with Crippen LogP contribution in [-0.2, 0) is 5.41 Å². The van der Waals surface area contributed by atoms with Crippen LogP contribution in [0.3, 0.4) is 0 Å². The van der Waals surface area contributed by atoms with Gasteiger partial charge in [0.15, 0.2) is 0 Å². The number of rotatable bonds is 4. The second-order valence-electron chi connectivity index (χ2n) is 6.33. The second-order valence-corrected chi connectivity index (χ2v) is 7.41. The average Bonchev–Trinajstić information content (AvgIpc) is 2.53. The minimum Gasteiger partial charge on any atom is -0.496 e. The molecule has 23 heavy (non-hydrogen) atoms. The maximum Gasteiger partial charge on any atom is 0.147 e. The van der Waals surface area contributed by atoms with E-state index in [1.54, 1.807) is 21.3 Å². The first kappa shape index (κ1) is 17.9. The van der Waals surface area contributed by atoms with Gasteiger partial charge < -0.3 is 14.2 Å². The van der Waals surface area contributed by atoms with E-state index in [1.807, 2.05) is 6.07 Å². The third-order valence-corrected chi connectivity index (χ3v) is 4.86. The SMILES string of the molecule is COc1cc(OC)c(-c2ccc(C(C)(C)C)cc2)c(OC)c1I. The summed E-state index contributed by atoms with van der Waals surface area (Å²) in [6, 6.07) is 10.4. The highest BCUT2D eigenvalue weighted by Crippen LogP contribution is 2.46. The molecule has 0 heterocycles. The van der Waals surface area contributed by atoms with Gasteiger partial charge in [0.1, 0.15) is 17.2 Å². The molecule has 4 heteroatoms. The molecule has 0 saturated carbocycles. The zero-order valence-corrected chi connectivity index (χ0v) is 16.6. The lowest BCUT2D eigenvalue weighted by Gasteiger charge is -2.21. The van der Waals surface area contributed by atoms with Gasteiger partial charge >= 0.3 is 0 Å². The molecule has 0 atom stereocenters. The van der Waals surface area contributed by atoms with Gasteiger partial charge in [-0.1, -0.05) is 45.0 Å². The molecule has 0 saturated heterocycles. The summed E-state index contributed by atoms with van der Waals surface area (Å²) >= 11 is 2.24. The molecule has 0 unspecified atom stereocenters. The Balaban J connectivity index is 2.64. The third kappa shape index (κ3) is 3.57. The minimum absolute atomic E-state index is 0.126. The van der Waals surface area contributed by atoms with Gasteiger partial charge in [-0.15, -0.1) is 0 Å². The maximum absolute atomic E-state index is 5.65. The predicted molar refractivity (Wildman–Crippen MR) is 103 cm³/mol. The van der Waals surface area contributed by atoms with E-state index in [0.29, 0.717) is 0 Å². The molecular weight excluding hydrogens is 403 g/mol. The van der Waals surface area contributed by atoms with Crippen molar-refractivity contribution in [1.29, 1.82) is 0 Å². The fourth-order valence-corrected chi connectivity index (χ4v) is 3.37. The molecule has 0 aromatic heterocycles. The summed E-state index contributed by atoms with van der Waals surface area (Å²) in [4.78, 5) is 0. The molecule has 0 aliphatic carbocycles. The molecule has 124 valence electrons. The summed E-state index contributed by atoms with van der Waals surface area (Å²) in [6.07, 6.45) is 0. The Labute approximate surface area is 152 Å². The van der Waals surface area contributed by atoms with Crippen molar-refractivity contribution in [2.45, 2.75) is 26.2 Å². The molecule has 2 aromatic rings. The van der Waals surface area contributed by atoms with Gasteiger partial charge in [0, 0.05) is 6.07 Å². The number of halogens is 1. The van der Waals surface area contributed by atoms with Gasteiger partial charge in [-0.05, 0) is 39.1 Å². The van der Waals surface area contributed by atoms with E-state index in [0.717, 1.165) is 31.9 Å². The van der Waals surface area contributed by atoms with Crippen molar-refractivity contribution in [3.63, 3.8) is 0 Å². The van der Waals surface area contributed by atoms with Crippen molar-refractivity contribution in [3.05, 3.63) is 39.5 Å². The van der Waals surface area contributed by atoms with E-state index in [2.05, 4.69) is 67.6 Å². The largest absolute Gasteiger partial charge is 0.496 e. The normalized spacial score (nSPS) is 11.3. The molecule has 3 nitrogen and oxygen atoms in total.